The third kappa shape index (κ3) is 3.62. The largest absolute Gasteiger partial charge is 0.391 e. The number of aliphatic hydroxyl groups is 2. The number of hydrogen-bond acceptors (Lipinski definition) is 3. The van der Waals surface area contributed by atoms with E-state index in [2.05, 4.69) is 10.7 Å². The lowest BCUT2D eigenvalue weighted by molar-refractivity contribution is -0.114. The van der Waals surface area contributed by atoms with E-state index in [1.165, 1.54) is 0 Å². The molecule has 0 saturated heterocycles. The maximum Gasteiger partial charge on any atom is 0.179 e. The minimum absolute atomic E-state index is 0.0295. The number of terminal acetylenes is 1. The molecule has 0 aromatic rings. The second-order valence-electron chi connectivity index (χ2n) is 1.15. The van der Waals surface area contributed by atoms with Crippen LogP contribution in [0.3, 0.4) is 0 Å². The summed E-state index contributed by atoms with van der Waals surface area (Å²) < 4.78 is 4.41. The Labute approximate surface area is 47.9 Å². The number of hydrogen-bond donors (Lipinski definition) is 2. The summed E-state index contributed by atoms with van der Waals surface area (Å²) in [6.07, 6.45) is 3.63. The van der Waals surface area contributed by atoms with Crippen molar-refractivity contribution in [1.29, 1.82) is 0 Å². The van der Waals surface area contributed by atoms with E-state index in [-0.39, 0.29) is 6.61 Å². The van der Waals surface area contributed by atoms with Gasteiger partial charge in [-0.05, 0) is 0 Å². The van der Waals surface area contributed by atoms with E-state index >= 15 is 0 Å². The maximum absolute atomic E-state index is 8.42. The Bertz CT molecular complexity index is 84.2. The van der Waals surface area contributed by atoms with Crippen molar-refractivity contribution in [2.45, 2.75) is 6.29 Å². The van der Waals surface area contributed by atoms with Crippen molar-refractivity contribution in [3.05, 3.63) is 0 Å². The molecule has 8 heavy (non-hydrogen) atoms. The molecule has 0 radical (unpaired) electrons. The third-order valence-corrected chi connectivity index (χ3v) is 0.515. The highest BCUT2D eigenvalue weighted by molar-refractivity contribution is 4.82. The lowest BCUT2D eigenvalue weighted by Gasteiger charge is -2.03. The van der Waals surface area contributed by atoms with Gasteiger partial charge in [-0.15, -0.1) is 6.42 Å². The molecule has 0 fully saturated rings. The van der Waals surface area contributed by atoms with E-state index in [0.29, 0.717) is 0 Å². The summed E-state index contributed by atoms with van der Waals surface area (Å²) in [5, 5.41) is 16.5. The van der Waals surface area contributed by atoms with Gasteiger partial charge in [0.2, 0.25) is 0 Å². The average molecular weight is 116 g/mol. The fourth-order valence-electron chi connectivity index (χ4n) is 0.197. The minimum Gasteiger partial charge on any atom is -0.391 e. The van der Waals surface area contributed by atoms with Gasteiger partial charge in [-0.2, -0.15) is 0 Å². The smallest absolute Gasteiger partial charge is 0.179 e. The van der Waals surface area contributed by atoms with Crippen LogP contribution < -0.4 is 0 Å². The molecular weight excluding hydrogens is 108 g/mol. The Kier molecular flexibility index (Phi) is 4.27. The molecule has 0 aliphatic carbocycles. The first kappa shape index (κ1) is 7.44. The van der Waals surface area contributed by atoms with E-state index in [0.717, 1.165) is 0 Å². The second kappa shape index (κ2) is 4.60. The van der Waals surface area contributed by atoms with Crippen molar-refractivity contribution in [2.24, 2.45) is 0 Å². The Balaban J connectivity index is 3.01. The topological polar surface area (TPSA) is 49.7 Å². The van der Waals surface area contributed by atoms with Gasteiger partial charge in [0.15, 0.2) is 6.29 Å². The van der Waals surface area contributed by atoms with E-state index < -0.39 is 12.9 Å². The average Bonchev–Trinajstić information content (AvgIpc) is 1.83. The predicted molar refractivity (Wildman–Crippen MR) is 27.9 cm³/mol. The van der Waals surface area contributed by atoms with Gasteiger partial charge in [-0.3, -0.25) is 0 Å². The molecule has 46 valence electrons. The van der Waals surface area contributed by atoms with Crippen LogP contribution in [-0.4, -0.2) is 29.7 Å². The Morgan fingerprint density at radius 2 is 2.38 bits per heavy atom. The fraction of sp³-hybridized carbons (Fsp3) is 0.600. The molecule has 0 bridgehead atoms. The Morgan fingerprint density at radius 1 is 1.75 bits per heavy atom. The van der Waals surface area contributed by atoms with Crippen molar-refractivity contribution in [3.8, 4) is 12.3 Å². The number of aliphatic hydroxyl groups excluding tert-OH is 2. The van der Waals surface area contributed by atoms with E-state index in [4.69, 9.17) is 16.6 Å². The fourth-order valence-corrected chi connectivity index (χ4v) is 0.197. The van der Waals surface area contributed by atoms with Crippen LogP contribution in [0.15, 0.2) is 0 Å². The summed E-state index contributed by atoms with van der Waals surface area (Å²) >= 11 is 0. The van der Waals surface area contributed by atoms with Gasteiger partial charge >= 0.3 is 0 Å². The van der Waals surface area contributed by atoms with Gasteiger partial charge in [-0.1, -0.05) is 5.92 Å². The highest BCUT2D eigenvalue weighted by Crippen LogP contribution is 1.80. The van der Waals surface area contributed by atoms with Crippen LogP contribution in [0.25, 0.3) is 0 Å². The molecule has 0 saturated carbocycles. The SMILES string of the molecule is C#CCOC(O)CO. The molecule has 0 aliphatic heterocycles. The molecule has 3 heteroatoms. The van der Waals surface area contributed by atoms with Crippen LogP contribution in [0.4, 0.5) is 0 Å². The van der Waals surface area contributed by atoms with Gasteiger partial charge < -0.3 is 14.9 Å². The van der Waals surface area contributed by atoms with Crippen molar-refractivity contribution < 1.29 is 14.9 Å². The highest BCUT2D eigenvalue weighted by atomic mass is 16.6. The van der Waals surface area contributed by atoms with Gasteiger partial charge in [0, 0.05) is 0 Å². The van der Waals surface area contributed by atoms with E-state index in [1.807, 2.05) is 0 Å². The molecular formula is C5H8O3. The summed E-state index contributed by atoms with van der Waals surface area (Å²) in [5.41, 5.74) is 0. The summed E-state index contributed by atoms with van der Waals surface area (Å²) in [7, 11) is 0. The van der Waals surface area contributed by atoms with Crippen LogP contribution in [-0.2, 0) is 4.74 Å². The van der Waals surface area contributed by atoms with Gasteiger partial charge in [0.05, 0.1) is 6.61 Å². The van der Waals surface area contributed by atoms with Crippen molar-refractivity contribution in [2.75, 3.05) is 13.2 Å². The molecule has 3 nitrogen and oxygen atoms in total. The van der Waals surface area contributed by atoms with Gasteiger partial charge in [-0.25, -0.2) is 0 Å². The normalized spacial score (nSPS) is 12.6. The Morgan fingerprint density at radius 3 is 2.75 bits per heavy atom. The molecule has 0 rings (SSSR count). The lowest BCUT2D eigenvalue weighted by Crippen LogP contribution is -2.16. The highest BCUT2D eigenvalue weighted by Gasteiger charge is 1.96. The van der Waals surface area contributed by atoms with Crippen molar-refractivity contribution >= 4 is 0 Å². The number of rotatable bonds is 3. The first-order valence-corrected chi connectivity index (χ1v) is 2.15. The zero-order chi connectivity index (χ0) is 6.41. The van der Waals surface area contributed by atoms with E-state index in [1.54, 1.807) is 0 Å². The molecule has 0 spiro atoms. The summed E-state index contributed by atoms with van der Waals surface area (Å²) in [5.74, 6) is 2.14. The summed E-state index contributed by atoms with van der Waals surface area (Å²) in [6.45, 7) is -0.386. The molecule has 0 aliphatic rings. The van der Waals surface area contributed by atoms with Crippen LogP contribution in [0.2, 0.25) is 0 Å². The number of ether oxygens (including phenoxy) is 1. The lowest BCUT2D eigenvalue weighted by atomic mass is 10.7. The van der Waals surface area contributed by atoms with Crippen LogP contribution >= 0.6 is 0 Å². The molecule has 1 unspecified atom stereocenters. The standard InChI is InChI=1S/C5H8O3/c1-2-3-8-5(7)4-6/h1,5-7H,3-4H2. The van der Waals surface area contributed by atoms with Crippen LogP contribution in [0.5, 0.6) is 0 Å². The third-order valence-electron chi connectivity index (χ3n) is 0.515. The molecule has 0 aromatic carbocycles. The van der Waals surface area contributed by atoms with Crippen molar-refractivity contribution in [1.82, 2.24) is 0 Å². The monoisotopic (exact) mass is 116 g/mol. The molecule has 0 amide bonds. The first-order valence-electron chi connectivity index (χ1n) is 2.15. The summed E-state index contributed by atoms with van der Waals surface area (Å²) in [6, 6.07) is 0. The molecule has 1 atom stereocenters. The Hall–Kier alpha value is -0.560. The zero-order valence-electron chi connectivity index (χ0n) is 4.37. The second-order valence-corrected chi connectivity index (χ2v) is 1.15. The molecule has 2 N–H and O–H groups in total. The van der Waals surface area contributed by atoms with Crippen LogP contribution in [0.1, 0.15) is 0 Å². The maximum atomic E-state index is 8.42. The zero-order valence-corrected chi connectivity index (χ0v) is 4.37. The summed E-state index contributed by atoms with van der Waals surface area (Å²) in [4.78, 5) is 0. The minimum atomic E-state index is -1.13. The predicted octanol–water partition coefficient (Wildman–Crippen LogP) is -1.05. The van der Waals surface area contributed by atoms with Crippen molar-refractivity contribution in [3.63, 3.8) is 0 Å². The molecule has 0 heterocycles. The first-order chi connectivity index (χ1) is 3.81. The van der Waals surface area contributed by atoms with Gasteiger partial charge in [0.25, 0.3) is 0 Å². The van der Waals surface area contributed by atoms with E-state index in [9.17, 15) is 0 Å². The van der Waals surface area contributed by atoms with Crippen LogP contribution in [0, 0.1) is 12.3 Å². The quantitative estimate of drug-likeness (QED) is 0.365. The van der Waals surface area contributed by atoms with Gasteiger partial charge in [0.1, 0.15) is 6.61 Å². The molecule has 0 aromatic heterocycles.